The van der Waals surface area contributed by atoms with Gasteiger partial charge in [0.25, 0.3) is 0 Å². The van der Waals surface area contributed by atoms with Crippen molar-refractivity contribution in [1.29, 1.82) is 0 Å². The fourth-order valence-electron chi connectivity index (χ4n) is 10.7. The number of urea groups is 1. The smallest absolute Gasteiger partial charge is 0.416 e. The van der Waals surface area contributed by atoms with Gasteiger partial charge in [0.1, 0.15) is 28.8 Å². The predicted octanol–water partition coefficient (Wildman–Crippen LogP) is 22.0. The third kappa shape index (κ3) is 27.6. The van der Waals surface area contributed by atoms with Crippen LogP contribution in [0.1, 0.15) is 182 Å². The first kappa shape index (κ1) is 91.9. The van der Waals surface area contributed by atoms with Crippen LogP contribution >= 0.6 is 0 Å². The van der Waals surface area contributed by atoms with Gasteiger partial charge in [0.15, 0.2) is 11.6 Å². The van der Waals surface area contributed by atoms with Crippen molar-refractivity contribution in [1.82, 2.24) is 0 Å². The first-order valence-electron chi connectivity index (χ1n) is 35.4. The lowest BCUT2D eigenvalue weighted by molar-refractivity contribution is -0.392. The number of halogens is 3. The average Bonchev–Trinajstić information content (AvgIpc) is 1.76. The predicted molar refractivity (Wildman–Crippen MR) is 442 cm³/mol. The first-order chi connectivity index (χ1) is 52.2. The number of nitro benzene ring substituents is 2. The van der Waals surface area contributed by atoms with Crippen molar-refractivity contribution >= 4 is 69.4 Å². The molecule has 594 valence electrons. The molecule has 1 aliphatic carbocycles. The quantitative estimate of drug-likeness (QED) is 0.0206. The highest BCUT2D eigenvalue weighted by molar-refractivity contribution is 6.30. The van der Waals surface area contributed by atoms with Crippen molar-refractivity contribution in [3.8, 4) is 23.0 Å². The molecule has 0 saturated heterocycles. The number of aliphatic hydroxyl groups excluding tert-OH is 1. The van der Waals surface area contributed by atoms with Crippen molar-refractivity contribution in [2.24, 2.45) is 21.0 Å². The van der Waals surface area contributed by atoms with E-state index in [0.29, 0.717) is 39.6 Å². The fraction of sp³-hybridized carbons (Fsp3) is 0.295. The Hall–Kier alpha value is -12.5. The molecule has 7 N–H and O–H groups in total. The summed E-state index contributed by atoms with van der Waals surface area (Å²) in [6.45, 7) is 38.2. The zero-order chi connectivity index (χ0) is 84.5. The molecule has 0 saturated carbocycles. The standard InChI is InChI=1S/C17H15F3N4O5.C17H13NO2.C15H24O.C11H16.C10H13NO2.C10H12O2.C8H10N2O/c1-9-6-11(4-5-15(9)29-3)10(2)21-22-16-13(23(25)26)7-12(17(18,19)20)8-14(16)24(27)28;1-11-6-8-12(9-7-11)18-10-15-16(19)13-4-2-3-5-14(13)17(15)20;1-10-8-11(14(2,3)4)13(16)12(9-10)15(5,6)7;1-9-5-7-10(8-6-9)11(2,3)4;1-7-6-9(8(2)11-12)4-5-10(7)13-3;1-7-6-9(8(2)11)4-5-10(7)12-3;1-6-2-4-7(5-3-6)10-8(9)11/h4-8,22H,1-3H3;2-10,19H,1H3;8-9,16H,1-7H3;5-8H,1-4H3;4-6,12H,1-3H3;4-6H,1-3H3;2-5H,1H3,(H3,9,10,11)/b21-10+;;;;11-8+;;. The molecular weight excluding hydrogens is 1430 g/mol. The van der Waals surface area contributed by atoms with E-state index in [1.807, 2.05) is 94.4 Å². The number of anilines is 2. The van der Waals surface area contributed by atoms with Crippen LogP contribution in [-0.2, 0) is 22.4 Å². The van der Waals surface area contributed by atoms with E-state index in [4.69, 9.17) is 25.2 Å². The number of hydrazone groups is 1. The van der Waals surface area contributed by atoms with Crippen LogP contribution in [0.15, 0.2) is 197 Å². The SMILES string of the molecule is COc1ccc(/C(C)=N/Nc2c([N+](=O)[O-])cc(C(F)(F)F)cc2[N+](=O)[O-])cc1C.COc1ccc(/C(C)=N/O)cc1C.COc1ccc(C(C)=O)cc1C.Cc1cc(C(C)(C)C)c(O)c(C(C)(C)C)c1.Cc1ccc(C(C)(C)C)cc1.Cc1ccc(N=CC2=C(O)c3ccccc3C2=O)cc1.Cc1ccc(NC(N)=O)cc1. The van der Waals surface area contributed by atoms with Crippen LogP contribution in [0.2, 0.25) is 0 Å². The number of carbonyl (C=O) groups is 3. The van der Waals surface area contributed by atoms with Crippen LogP contribution in [0.5, 0.6) is 23.0 Å². The number of aliphatic imine (C=N–C) groups is 1. The highest BCUT2D eigenvalue weighted by atomic mass is 19.4. The fourth-order valence-corrected chi connectivity index (χ4v) is 10.7. The Balaban J connectivity index is 0.000000284. The second-order valence-electron chi connectivity index (χ2n) is 29.4. The molecule has 0 radical (unpaired) electrons. The van der Waals surface area contributed by atoms with Gasteiger partial charge in [0.05, 0.1) is 59.4 Å². The summed E-state index contributed by atoms with van der Waals surface area (Å²) in [6, 6.07) is 51.0. The van der Waals surface area contributed by atoms with Crippen LogP contribution in [0, 0.1) is 68.7 Å². The van der Waals surface area contributed by atoms with E-state index in [-0.39, 0.29) is 51.3 Å². The number of aliphatic hydroxyl groups is 1. The zero-order valence-corrected chi connectivity index (χ0v) is 67.7. The molecule has 2 amide bonds. The van der Waals surface area contributed by atoms with Gasteiger partial charge in [-0.25, -0.2) is 4.79 Å². The molecule has 0 aromatic heterocycles. The number of ketones is 2. The normalized spacial score (nSPS) is 11.8. The molecule has 24 heteroatoms. The number of Topliss-reactive ketones (excluding diaryl/α,β-unsaturated/α-hetero) is 2. The number of carbonyl (C=O) groups excluding carboxylic acids is 3. The lowest BCUT2D eigenvalue weighted by Gasteiger charge is -2.27. The van der Waals surface area contributed by atoms with E-state index in [1.165, 1.54) is 36.9 Å². The number of nitrogens with two attached hydrogens (primary N) is 1. The van der Waals surface area contributed by atoms with Gasteiger partial charge in [-0.05, 0) is 209 Å². The maximum atomic E-state index is 12.9. The highest BCUT2D eigenvalue weighted by Gasteiger charge is 2.38. The Morgan fingerprint density at radius 1 is 0.518 bits per heavy atom. The van der Waals surface area contributed by atoms with Crippen molar-refractivity contribution in [2.45, 2.75) is 154 Å². The molecule has 0 fully saturated rings. The number of methoxy groups -OCH3 is 3. The molecular formula is C88H103F3N8O13. The molecule has 0 bridgehead atoms. The van der Waals surface area contributed by atoms with Gasteiger partial charge in [-0.1, -0.05) is 175 Å². The van der Waals surface area contributed by atoms with Crippen LogP contribution in [0.4, 0.5) is 46.4 Å². The molecule has 21 nitrogen and oxygen atoms in total. The van der Waals surface area contributed by atoms with Gasteiger partial charge in [0, 0.05) is 40.7 Å². The third-order valence-electron chi connectivity index (χ3n) is 17.1. The van der Waals surface area contributed by atoms with Crippen LogP contribution < -0.4 is 30.7 Å². The number of primary amides is 1. The Morgan fingerprint density at radius 2 is 0.920 bits per heavy atom. The Morgan fingerprint density at radius 3 is 1.29 bits per heavy atom. The number of nitrogens with one attached hydrogen (secondary N) is 2. The van der Waals surface area contributed by atoms with E-state index in [2.05, 4.69) is 139 Å². The molecule has 9 aromatic carbocycles. The molecule has 10 rings (SSSR count). The van der Waals surface area contributed by atoms with Gasteiger partial charge in [-0.15, -0.1) is 0 Å². The van der Waals surface area contributed by atoms with Gasteiger partial charge in [-0.2, -0.15) is 18.3 Å². The Kier molecular flexibility index (Phi) is 33.5. The maximum absolute atomic E-state index is 12.9. The molecule has 0 heterocycles. The van der Waals surface area contributed by atoms with Crippen molar-refractivity contribution in [3.05, 3.63) is 291 Å². The number of alkyl halides is 3. The zero-order valence-electron chi connectivity index (χ0n) is 67.7. The molecule has 0 aliphatic heterocycles. The minimum atomic E-state index is -4.99. The lowest BCUT2D eigenvalue weighted by atomic mass is 9.78. The number of nitrogens with zero attached hydrogens (tertiary/aromatic N) is 5. The number of nitro groups is 2. The Bertz CT molecular complexity index is 4840. The monoisotopic (exact) mass is 1540 g/mol. The lowest BCUT2D eigenvalue weighted by Crippen LogP contribution is -2.19. The number of hydrogen-bond acceptors (Lipinski definition) is 17. The number of benzene rings is 9. The van der Waals surface area contributed by atoms with Crippen molar-refractivity contribution in [3.63, 3.8) is 0 Å². The maximum Gasteiger partial charge on any atom is 0.416 e. The van der Waals surface area contributed by atoms with E-state index in [1.54, 1.807) is 95.7 Å². The van der Waals surface area contributed by atoms with E-state index < -0.39 is 44.7 Å². The minimum Gasteiger partial charge on any atom is -0.507 e. The minimum absolute atomic E-state index is 0.00135. The summed E-state index contributed by atoms with van der Waals surface area (Å²) in [4.78, 5) is 57.9. The summed E-state index contributed by atoms with van der Waals surface area (Å²) >= 11 is 0. The molecule has 0 atom stereocenters. The van der Waals surface area contributed by atoms with Crippen LogP contribution in [0.3, 0.4) is 0 Å². The van der Waals surface area contributed by atoms with Crippen LogP contribution in [0.25, 0.3) is 5.76 Å². The Labute approximate surface area is 654 Å². The number of rotatable bonds is 13. The summed E-state index contributed by atoms with van der Waals surface area (Å²) < 4.78 is 54.1. The number of hydrogen-bond donors (Lipinski definition) is 6. The molecule has 0 unspecified atom stereocenters. The summed E-state index contributed by atoms with van der Waals surface area (Å²) in [7, 11) is 4.75. The molecule has 0 spiro atoms. The number of aromatic hydroxyl groups is 1. The van der Waals surface area contributed by atoms with Gasteiger partial charge >= 0.3 is 23.6 Å². The van der Waals surface area contributed by atoms with Gasteiger partial charge in [-0.3, -0.25) is 40.2 Å². The number of amides is 2. The van der Waals surface area contributed by atoms with Gasteiger partial charge in [0.2, 0.25) is 5.69 Å². The molecule has 1 aliphatic rings. The number of fused-ring (bicyclic) bond motifs is 1. The number of oxime groups is 1. The van der Waals surface area contributed by atoms with Crippen molar-refractivity contribution in [2.75, 3.05) is 32.1 Å². The van der Waals surface area contributed by atoms with E-state index in [0.717, 1.165) is 72.9 Å². The number of ether oxygens (including phenoxy) is 3. The number of phenolic OH excluding ortho intramolecular Hbond substituents is 1. The molecule has 112 heavy (non-hydrogen) atoms. The topological polar surface area (TPSA) is 313 Å². The summed E-state index contributed by atoms with van der Waals surface area (Å²) in [6.07, 6.45) is -3.56. The number of allylic oxidation sites excluding steroid dienone is 1. The second-order valence-corrected chi connectivity index (χ2v) is 29.4. The highest BCUT2D eigenvalue weighted by Crippen LogP contribution is 2.43. The largest absolute Gasteiger partial charge is 0.507 e. The number of aryl methyl sites for hydroxylation is 7. The average molecular weight is 1540 g/mol. The van der Waals surface area contributed by atoms with Crippen LogP contribution in [-0.4, -0.2) is 81.8 Å². The summed E-state index contributed by atoms with van der Waals surface area (Å²) in [5, 5.41) is 61.0. The van der Waals surface area contributed by atoms with Crippen molar-refractivity contribution < 1.29 is 67.0 Å². The third-order valence-corrected chi connectivity index (χ3v) is 17.1. The first-order valence-corrected chi connectivity index (χ1v) is 35.4. The number of phenols is 1. The summed E-state index contributed by atoms with van der Waals surface area (Å²) in [5.74, 6) is 2.64. The van der Waals surface area contributed by atoms with E-state index in [9.17, 15) is 58.0 Å². The van der Waals surface area contributed by atoms with E-state index >= 15 is 0 Å². The summed E-state index contributed by atoms with van der Waals surface area (Å²) in [5.41, 5.74) is 19.9. The molecule has 9 aromatic rings. The second kappa shape index (κ2) is 40.8. The van der Waals surface area contributed by atoms with Gasteiger partial charge < -0.3 is 40.7 Å².